The van der Waals surface area contributed by atoms with Crippen molar-refractivity contribution in [3.05, 3.63) is 59.2 Å². The number of ether oxygens (including phenoxy) is 1. The fraction of sp³-hybridized carbons (Fsp3) is 0.167. The fourth-order valence-electron chi connectivity index (χ4n) is 2.96. The molecule has 2 aromatic carbocycles. The van der Waals surface area contributed by atoms with Crippen LogP contribution >= 0.6 is 0 Å². The Hall–Kier alpha value is -2.75. The molecule has 2 aliphatic rings. The van der Waals surface area contributed by atoms with Crippen LogP contribution in [0.1, 0.15) is 16.7 Å². The van der Waals surface area contributed by atoms with Crippen LogP contribution in [-0.2, 0) is 16.1 Å². The standard InChI is InChI=1S/C18H16N2O2/c1-20(2)12-8-7-11-10-22-17(14(11)9-12)16-13-5-3-4-6-15(13)19-18(16)21/h3-9H,10H2,1-2H3,(H,19,21). The van der Waals surface area contributed by atoms with Crippen molar-refractivity contribution >= 4 is 28.6 Å². The lowest BCUT2D eigenvalue weighted by Gasteiger charge is -2.13. The number of hydrogen-bond donors (Lipinski definition) is 1. The van der Waals surface area contributed by atoms with Gasteiger partial charge in [0, 0.05) is 42.2 Å². The SMILES string of the molecule is CN(C)c1ccc2c(c1)C(=C1C(=O)Nc3ccccc31)OC2. The maximum absolute atomic E-state index is 12.4. The molecule has 0 spiro atoms. The molecule has 0 fully saturated rings. The van der Waals surface area contributed by atoms with Crippen LogP contribution in [0.3, 0.4) is 0 Å². The highest BCUT2D eigenvalue weighted by molar-refractivity contribution is 6.36. The van der Waals surface area contributed by atoms with Crippen LogP contribution in [0.5, 0.6) is 0 Å². The quantitative estimate of drug-likeness (QED) is 0.821. The maximum atomic E-state index is 12.4. The molecule has 0 saturated heterocycles. The number of nitrogens with zero attached hydrogens (tertiary/aromatic N) is 1. The van der Waals surface area contributed by atoms with E-state index in [1.54, 1.807) is 0 Å². The predicted molar refractivity (Wildman–Crippen MR) is 87.4 cm³/mol. The van der Waals surface area contributed by atoms with E-state index in [2.05, 4.69) is 23.5 Å². The highest BCUT2D eigenvalue weighted by Gasteiger charge is 2.32. The number of nitrogens with one attached hydrogen (secondary N) is 1. The fourth-order valence-corrected chi connectivity index (χ4v) is 2.96. The summed E-state index contributed by atoms with van der Waals surface area (Å²) in [6, 6.07) is 13.9. The first-order valence-corrected chi connectivity index (χ1v) is 7.23. The Morgan fingerprint density at radius 1 is 1.09 bits per heavy atom. The Morgan fingerprint density at radius 3 is 2.73 bits per heavy atom. The second-order valence-corrected chi connectivity index (χ2v) is 5.73. The lowest BCUT2D eigenvalue weighted by atomic mass is 10.00. The van der Waals surface area contributed by atoms with Gasteiger partial charge < -0.3 is 15.0 Å². The molecule has 2 aromatic rings. The van der Waals surface area contributed by atoms with Crippen LogP contribution in [0.15, 0.2) is 42.5 Å². The van der Waals surface area contributed by atoms with Gasteiger partial charge in [0.25, 0.3) is 5.91 Å². The summed E-state index contributed by atoms with van der Waals surface area (Å²) in [6.07, 6.45) is 0. The number of anilines is 2. The summed E-state index contributed by atoms with van der Waals surface area (Å²) >= 11 is 0. The van der Waals surface area contributed by atoms with Crippen molar-refractivity contribution in [2.45, 2.75) is 6.61 Å². The van der Waals surface area contributed by atoms with Crippen molar-refractivity contribution in [1.82, 2.24) is 0 Å². The molecule has 0 saturated carbocycles. The monoisotopic (exact) mass is 292 g/mol. The molecule has 0 radical (unpaired) electrons. The molecule has 0 unspecified atom stereocenters. The van der Waals surface area contributed by atoms with Gasteiger partial charge in [-0.15, -0.1) is 0 Å². The molecule has 110 valence electrons. The van der Waals surface area contributed by atoms with Gasteiger partial charge in [-0.25, -0.2) is 0 Å². The predicted octanol–water partition coefficient (Wildman–Crippen LogP) is 3.10. The van der Waals surface area contributed by atoms with Crippen LogP contribution < -0.4 is 10.2 Å². The highest BCUT2D eigenvalue weighted by Crippen LogP contribution is 2.42. The van der Waals surface area contributed by atoms with Crippen molar-refractivity contribution < 1.29 is 9.53 Å². The van der Waals surface area contributed by atoms with E-state index in [1.165, 1.54) is 0 Å². The Bertz CT molecular complexity index is 822. The minimum absolute atomic E-state index is 0.0979. The first kappa shape index (κ1) is 13.0. The smallest absolute Gasteiger partial charge is 0.260 e. The van der Waals surface area contributed by atoms with Gasteiger partial charge in [-0.2, -0.15) is 0 Å². The molecule has 2 aliphatic heterocycles. The second-order valence-electron chi connectivity index (χ2n) is 5.73. The van der Waals surface area contributed by atoms with Crippen LogP contribution in [0.4, 0.5) is 11.4 Å². The summed E-state index contributed by atoms with van der Waals surface area (Å²) in [5.41, 5.74) is 5.60. The third-order valence-corrected chi connectivity index (χ3v) is 4.13. The molecular formula is C18H16N2O2. The molecule has 1 N–H and O–H groups in total. The molecular weight excluding hydrogens is 276 g/mol. The van der Waals surface area contributed by atoms with Crippen LogP contribution in [0.2, 0.25) is 0 Å². The van der Waals surface area contributed by atoms with Gasteiger partial charge in [0.15, 0.2) is 0 Å². The topological polar surface area (TPSA) is 41.6 Å². The van der Waals surface area contributed by atoms with E-state index >= 15 is 0 Å². The van der Waals surface area contributed by atoms with Gasteiger partial charge in [0.05, 0.1) is 5.57 Å². The van der Waals surface area contributed by atoms with Crippen LogP contribution in [0, 0.1) is 0 Å². The molecule has 0 aliphatic carbocycles. The van der Waals surface area contributed by atoms with Crippen molar-refractivity contribution in [2.24, 2.45) is 0 Å². The van der Waals surface area contributed by atoms with Crippen LogP contribution in [0.25, 0.3) is 11.3 Å². The van der Waals surface area contributed by atoms with Gasteiger partial charge in [0.1, 0.15) is 12.4 Å². The van der Waals surface area contributed by atoms with Gasteiger partial charge in [-0.05, 0) is 18.2 Å². The van der Waals surface area contributed by atoms with Gasteiger partial charge in [-0.1, -0.05) is 24.3 Å². The third-order valence-electron chi connectivity index (χ3n) is 4.13. The maximum Gasteiger partial charge on any atom is 0.260 e. The third kappa shape index (κ3) is 1.80. The molecule has 4 nitrogen and oxygen atoms in total. The summed E-state index contributed by atoms with van der Waals surface area (Å²) in [7, 11) is 4.00. The number of para-hydroxylation sites is 1. The molecule has 0 bridgehead atoms. The largest absolute Gasteiger partial charge is 0.487 e. The second kappa shape index (κ2) is 4.63. The molecule has 22 heavy (non-hydrogen) atoms. The Morgan fingerprint density at radius 2 is 1.91 bits per heavy atom. The van der Waals surface area contributed by atoms with E-state index in [4.69, 9.17) is 4.74 Å². The Balaban J connectivity index is 1.93. The first-order valence-electron chi connectivity index (χ1n) is 7.23. The van der Waals surface area contributed by atoms with Crippen molar-refractivity contribution in [2.75, 3.05) is 24.3 Å². The zero-order valence-electron chi connectivity index (χ0n) is 12.5. The lowest BCUT2D eigenvalue weighted by molar-refractivity contribution is -0.110. The number of amides is 1. The summed E-state index contributed by atoms with van der Waals surface area (Å²) in [6.45, 7) is 0.511. The lowest BCUT2D eigenvalue weighted by Crippen LogP contribution is -2.09. The minimum Gasteiger partial charge on any atom is -0.487 e. The van der Waals surface area contributed by atoms with E-state index < -0.39 is 0 Å². The number of hydrogen-bond acceptors (Lipinski definition) is 3. The first-order chi connectivity index (χ1) is 10.6. The Labute approximate surface area is 129 Å². The van der Waals surface area contributed by atoms with Gasteiger partial charge in [0.2, 0.25) is 0 Å². The summed E-state index contributed by atoms with van der Waals surface area (Å²) in [5.74, 6) is 0.584. The highest BCUT2D eigenvalue weighted by atomic mass is 16.5. The van der Waals surface area contributed by atoms with E-state index in [-0.39, 0.29) is 5.91 Å². The number of carbonyl (C=O) groups is 1. The number of rotatable bonds is 1. The molecule has 0 atom stereocenters. The summed E-state index contributed by atoms with van der Waals surface area (Å²) in [5, 5.41) is 2.91. The van der Waals surface area contributed by atoms with Crippen molar-refractivity contribution in [1.29, 1.82) is 0 Å². The number of benzene rings is 2. The Kier molecular flexibility index (Phi) is 2.73. The summed E-state index contributed by atoms with van der Waals surface area (Å²) < 4.78 is 5.87. The van der Waals surface area contributed by atoms with E-state index in [0.717, 1.165) is 28.1 Å². The van der Waals surface area contributed by atoms with Gasteiger partial charge >= 0.3 is 0 Å². The average molecular weight is 292 g/mol. The molecule has 4 heteroatoms. The van der Waals surface area contributed by atoms with E-state index in [1.807, 2.05) is 43.3 Å². The molecule has 4 rings (SSSR count). The molecule has 0 aromatic heterocycles. The minimum atomic E-state index is -0.0979. The summed E-state index contributed by atoms with van der Waals surface area (Å²) in [4.78, 5) is 14.4. The van der Waals surface area contributed by atoms with E-state index in [9.17, 15) is 4.79 Å². The number of fused-ring (bicyclic) bond motifs is 2. The van der Waals surface area contributed by atoms with E-state index in [0.29, 0.717) is 17.9 Å². The average Bonchev–Trinajstić information content (AvgIpc) is 3.06. The molecule has 1 amide bonds. The number of carbonyl (C=O) groups excluding carboxylic acids is 1. The molecule has 2 heterocycles. The normalized spacial score (nSPS) is 18.5. The van der Waals surface area contributed by atoms with Gasteiger partial charge in [-0.3, -0.25) is 4.79 Å². The van der Waals surface area contributed by atoms with Crippen LogP contribution in [-0.4, -0.2) is 20.0 Å². The van der Waals surface area contributed by atoms with Crippen molar-refractivity contribution in [3.63, 3.8) is 0 Å². The van der Waals surface area contributed by atoms with Crippen molar-refractivity contribution in [3.8, 4) is 0 Å². The zero-order chi connectivity index (χ0) is 15.3. The zero-order valence-corrected chi connectivity index (χ0v) is 12.5.